The fourth-order valence-corrected chi connectivity index (χ4v) is 5.18. The number of rotatable bonds is 7. The maximum absolute atomic E-state index is 12.8. The topological polar surface area (TPSA) is 92.9 Å². The smallest absolute Gasteiger partial charge is 0.237 e. The molecular formula is C24H27N3O5S. The van der Waals surface area contributed by atoms with Gasteiger partial charge in [0.15, 0.2) is 9.84 Å². The maximum atomic E-state index is 12.8. The Morgan fingerprint density at radius 1 is 1.06 bits per heavy atom. The Bertz CT molecular complexity index is 1220. The van der Waals surface area contributed by atoms with Crippen LogP contribution in [-0.4, -0.2) is 63.3 Å². The van der Waals surface area contributed by atoms with Gasteiger partial charge in [0.25, 0.3) is 0 Å². The molecule has 1 saturated heterocycles. The number of sulfone groups is 1. The van der Waals surface area contributed by atoms with Crippen molar-refractivity contribution in [1.29, 1.82) is 0 Å². The van der Waals surface area contributed by atoms with Crippen molar-refractivity contribution in [1.82, 2.24) is 9.88 Å². The van der Waals surface area contributed by atoms with E-state index in [1.807, 2.05) is 36.4 Å². The number of para-hydroxylation sites is 1. The molecule has 1 fully saturated rings. The summed E-state index contributed by atoms with van der Waals surface area (Å²) in [5.41, 5.74) is 2.11. The molecule has 0 spiro atoms. The van der Waals surface area contributed by atoms with Gasteiger partial charge in [-0.15, -0.1) is 0 Å². The van der Waals surface area contributed by atoms with Crippen molar-refractivity contribution in [2.75, 3.05) is 43.9 Å². The first kappa shape index (κ1) is 22.8. The summed E-state index contributed by atoms with van der Waals surface area (Å²) in [6.07, 6.45) is 0. The molecule has 0 atom stereocenters. The highest BCUT2D eigenvalue weighted by Crippen LogP contribution is 2.26. The fourth-order valence-electron chi connectivity index (χ4n) is 3.83. The number of amides is 1. The number of carbonyl (C=O) groups is 1. The monoisotopic (exact) mass is 469 g/mol. The number of benzene rings is 2. The van der Waals surface area contributed by atoms with Gasteiger partial charge in [-0.25, -0.2) is 13.4 Å². The number of aromatic nitrogens is 1. The van der Waals surface area contributed by atoms with Gasteiger partial charge in [-0.2, -0.15) is 0 Å². The van der Waals surface area contributed by atoms with E-state index in [4.69, 9.17) is 9.15 Å². The average Bonchev–Trinajstić information content (AvgIpc) is 3.19. The highest BCUT2D eigenvalue weighted by molar-refractivity contribution is 7.91. The van der Waals surface area contributed by atoms with Gasteiger partial charge in [-0.1, -0.05) is 24.3 Å². The number of methoxy groups -OCH3 is 1. The first-order valence-corrected chi connectivity index (χ1v) is 12.6. The lowest BCUT2D eigenvalue weighted by Crippen LogP contribution is -2.50. The summed E-state index contributed by atoms with van der Waals surface area (Å²) in [6.45, 7) is 3.99. The summed E-state index contributed by atoms with van der Waals surface area (Å²) in [7, 11) is -2.14. The summed E-state index contributed by atoms with van der Waals surface area (Å²) >= 11 is 0. The first-order valence-electron chi connectivity index (χ1n) is 10.7. The molecule has 0 saturated carbocycles. The van der Waals surface area contributed by atoms with Crippen LogP contribution in [0.4, 0.5) is 5.69 Å². The lowest BCUT2D eigenvalue weighted by molar-refractivity contribution is -0.128. The minimum Gasteiger partial charge on any atom is -0.497 e. The van der Waals surface area contributed by atoms with Crippen molar-refractivity contribution in [2.45, 2.75) is 12.7 Å². The van der Waals surface area contributed by atoms with E-state index in [0.29, 0.717) is 54.8 Å². The van der Waals surface area contributed by atoms with Gasteiger partial charge in [0.2, 0.25) is 11.8 Å². The Kier molecular flexibility index (Phi) is 6.69. The van der Waals surface area contributed by atoms with Gasteiger partial charge in [-0.05, 0) is 37.3 Å². The number of oxazole rings is 1. The van der Waals surface area contributed by atoms with Crippen LogP contribution in [0, 0.1) is 6.92 Å². The van der Waals surface area contributed by atoms with E-state index in [2.05, 4.69) is 9.88 Å². The molecule has 3 aromatic rings. The number of nitrogens with zero attached hydrogens (tertiary/aromatic N) is 3. The van der Waals surface area contributed by atoms with Crippen LogP contribution in [0.2, 0.25) is 0 Å². The molecule has 1 aliphatic heterocycles. The molecule has 9 heteroatoms. The standard InChI is InChI=1S/C24H27N3O5S/c1-18-22(25-24(32-18)19-7-6-10-21(15-19)31-2)16-33(29,30)17-23(28)27-13-11-26(12-14-27)20-8-4-3-5-9-20/h3-10,15H,11-14,16-17H2,1-2H3. The number of aryl methyl sites for hydroxylation is 1. The number of ether oxygens (including phenoxy) is 1. The van der Waals surface area contributed by atoms with Crippen LogP contribution in [0.3, 0.4) is 0 Å². The van der Waals surface area contributed by atoms with Gasteiger partial charge >= 0.3 is 0 Å². The van der Waals surface area contributed by atoms with Crippen LogP contribution in [0.5, 0.6) is 5.75 Å². The third kappa shape index (κ3) is 5.54. The summed E-state index contributed by atoms with van der Waals surface area (Å²) in [6, 6.07) is 17.2. The lowest BCUT2D eigenvalue weighted by atomic mass is 10.2. The van der Waals surface area contributed by atoms with Crippen LogP contribution in [0.15, 0.2) is 59.0 Å². The molecule has 0 aliphatic carbocycles. The maximum Gasteiger partial charge on any atom is 0.237 e. The second kappa shape index (κ2) is 9.66. The van der Waals surface area contributed by atoms with Crippen molar-refractivity contribution in [2.24, 2.45) is 0 Å². The minimum absolute atomic E-state index is 0.314. The number of carbonyl (C=O) groups excluding carboxylic acids is 1. The third-order valence-electron chi connectivity index (χ3n) is 5.66. The Balaban J connectivity index is 1.37. The molecule has 1 aliphatic rings. The Morgan fingerprint density at radius 3 is 2.48 bits per heavy atom. The van der Waals surface area contributed by atoms with Crippen molar-refractivity contribution in [3.63, 3.8) is 0 Å². The summed E-state index contributed by atoms with van der Waals surface area (Å²) < 4.78 is 36.5. The fraction of sp³-hybridized carbons (Fsp3) is 0.333. The van der Waals surface area contributed by atoms with Gasteiger partial charge in [0.05, 0.1) is 18.6 Å². The quantitative estimate of drug-likeness (QED) is 0.525. The molecular weight excluding hydrogens is 442 g/mol. The van der Waals surface area contributed by atoms with E-state index in [0.717, 1.165) is 5.69 Å². The molecule has 0 unspecified atom stereocenters. The predicted molar refractivity (Wildman–Crippen MR) is 126 cm³/mol. The molecule has 174 valence electrons. The predicted octanol–water partition coefficient (Wildman–Crippen LogP) is 2.92. The van der Waals surface area contributed by atoms with E-state index in [1.54, 1.807) is 37.1 Å². The van der Waals surface area contributed by atoms with Gasteiger partial charge in [0, 0.05) is 37.4 Å². The van der Waals surface area contributed by atoms with Crippen molar-refractivity contribution >= 4 is 21.4 Å². The van der Waals surface area contributed by atoms with E-state index < -0.39 is 15.6 Å². The highest BCUT2D eigenvalue weighted by atomic mass is 32.2. The zero-order valence-electron chi connectivity index (χ0n) is 18.7. The molecule has 33 heavy (non-hydrogen) atoms. The molecule has 0 N–H and O–H groups in total. The molecule has 4 rings (SSSR count). The normalized spacial score (nSPS) is 14.4. The highest BCUT2D eigenvalue weighted by Gasteiger charge is 2.27. The van der Waals surface area contributed by atoms with E-state index >= 15 is 0 Å². The van der Waals surface area contributed by atoms with Gasteiger partial charge in [-0.3, -0.25) is 4.79 Å². The molecule has 2 aromatic carbocycles. The van der Waals surface area contributed by atoms with Crippen LogP contribution in [-0.2, 0) is 20.4 Å². The average molecular weight is 470 g/mol. The third-order valence-corrected chi connectivity index (χ3v) is 7.06. The van der Waals surface area contributed by atoms with E-state index in [9.17, 15) is 13.2 Å². The zero-order valence-corrected chi connectivity index (χ0v) is 19.5. The number of hydrogen-bond acceptors (Lipinski definition) is 7. The molecule has 0 radical (unpaired) electrons. The van der Waals surface area contributed by atoms with E-state index in [1.165, 1.54) is 0 Å². The zero-order chi connectivity index (χ0) is 23.4. The van der Waals surface area contributed by atoms with Gasteiger partial charge in [0.1, 0.15) is 17.3 Å². The Hall–Kier alpha value is -3.33. The van der Waals surface area contributed by atoms with Gasteiger partial charge < -0.3 is 19.0 Å². The molecule has 0 bridgehead atoms. The van der Waals surface area contributed by atoms with Crippen molar-refractivity contribution in [3.8, 4) is 17.2 Å². The SMILES string of the molecule is COc1cccc(-c2nc(CS(=O)(=O)CC(=O)N3CCN(c4ccccc4)CC3)c(C)o2)c1. The van der Waals surface area contributed by atoms with Crippen LogP contribution in [0.1, 0.15) is 11.5 Å². The summed E-state index contributed by atoms with van der Waals surface area (Å²) in [5.74, 6) is 0.119. The lowest BCUT2D eigenvalue weighted by Gasteiger charge is -2.36. The number of anilines is 1. The summed E-state index contributed by atoms with van der Waals surface area (Å²) in [4.78, 5) is 20.9. The van der Waals surface area contributed by atoms with Crippen LogP contribution < -0.4 is 9.64 Å². The Labute approximate surface area is 193 Å². The first-order chi connectivity index (χ1) is 15.8. The van der Waals surface area contributed by atoms with Crippen molar-refractivity contribution < 1.29 is 22.4 Å². The second-order valence-electron chi connectivity index (χ2n) is 7.99. The molecule has 8 nitrogen and oxygen atoms in total. The molecule has 1 aromatic heterocycles. The largest absolute Gasteiger partial charge is 0.497 e. The number of hydrogen-bond donors (Lipinski definition) is 0. The molecule has 1 amide bonds. The van der Waals surface area contributed by atoms with Crippen LogP contribution in [0.25, 0.3) is 11.5 Å². The van der Waals surface area contributed by atoms with Crippen LogP contribution >= 0.6 is 0 Å². The van der Waals surface area contributed by atoms with E-state index in [-0.39, 0.29) is 11.7 Å². The minimum atomic E-state index is -3.71. The summed E-state index contributed by atoms with van der Waals surface area (Å²) in [5, 5.41) is 0. The Morgan fingerprint density at radius 2 is 1.79 bits per heavy atom. The van der Waals surface area contributed by atoms with Crippen molar-refractivity contribution in [3.05, 3.63) is 66.1 Å². The number of piperazine rings is 1. The second-order valence-corrected chi connectivity index (χ2v) is 10.1. The molecule has 2 heterocycles.